The predicted molar refractivity (Wildman–Crippen MR) is 68.0 cm³/mol. The molecule has 0 atom stereocenters. The Morgan fingerprint density at radius 3 is 2.76 bits per heavy atom. The highest BCUT2D eigenvalue weighted by Crippen LogP contribution is 2.33. The van der Waals surface area contributed by atoms with Crippen molar-refractivity contribution >= 4 is 5.91 Å². The fraction of sp³-hybridized carbons (Fsp3) is 0.533. The van der Waals surface area contributed by atoms with Gasteiger partial charge in [-0.1, -0.05) is 26.0 Å². The molecule has 1 aliphatic carbocycles. The number of carbonyl (C=O) groups excluding carboxylic acids is 1. The molecule has 17 heavy (non-hydrogen) atoms. The second-order valence-corrected chi connectivity index (χ2v) is 5.70. The lowest BCUT2D eigenvalue weighted by molar-refractivity contribution is 0.0771. The summed E-state index contributed by atoms with van der Waals surface area (Å²) in [4.78, 5) is 14.3. The Morgan fingerprint density at radius 1 is 1.35 bits per heavy atom. The number of amides is 1. The van der Waals surface area contributed by atoms with Gasteiger partial charge in [-0.05, 0) is 41.9 Å². The average Bonchev–Trinajstić information content (AvgIpc) is 3.06. The molecule has 0 radical (unpaired) electrons. The molecule has 0 unspecified atom stereocenters. The van der Waals surface area contributed by atoms with Gasteiger partial charge in [0.25, 0.3) is 5.91 Å². The molecule has 3 rings (SSSR count). The minimum atomic E-state index is 0.245. The van der Waals surface area contributed by atoms with Crippen molar-refractivity contribution in [2.24, 2.45) is 5.92 Å². The van der Waals surface area contributed by atoms with Crippen LogP contribution in [0.15, 0.2) is 18.2 Å². The minimum absolute atomic E-state index is 0.245. The van der Waals surface area contributed by atoms with Gasteiger partial charge in [0.1, 0.15) is 0 Å². The van der Waals surface area contributed by atoms with E-state index in [1.165, 1.54) is 24.0 Å². The minimum Gasteiger partial charge on any atom is -0.334 e. The maximum atomic E-state index is 12.3. The van der Waals surface area contributed by atoms with Crippen LogP contribution in [0.25, 0.3) is 0 Å². The summed E-state index contributed by atoms with van der Waals surface area (Å²) >= 11 is 0. The van der Waals surface area contributed by atoms with E-state index in [2.05, 4.69) is 32.0 Å². The fourth-order valence-electron chi connectivity index (χ4n) is 2.50. The van der Waals surface area contributed by atoms with E-state index in [1.807, 2.05) is 4.90 Å². The molecule has 0 saturated heterocycles. The first-order valence-corrected chi connectivity index (χ1v) is 6.57. The summed E-state index contributed by atoms with van der Waals surface area (Å²) in [5.41, 5.74) is 3.42. The van der Waals surface area contributed by atoms with E-state index in [9.17, 15) is 4.79 Å². The molecular weight excluding hydrogens is 210 g/mol. The van der Waals surface area contributed by atoms with E-state index in [4.69, 9.17) is 0 Å². The number of hydrogen-bond donors (Lipinski definition) is 0. The third-order valence-electron chi connectivity index (χ3n) is 3.85. The lowest BCUT2D eigenvalue weighted by Crippen LogP contribution is -2.26. The molecule has 0 spiro atoms. The molecule has 90 valence electrons. The van der Waals surface area contributed by atoms with Crippen LogP contribution in [0, 0.1) is 5.92 Å². The molecule has 2 aliphatic rings. The SMILES string of the molecule is CC(C)c1ccc2c(c1)C(=O)N(CC1CC1)C2. The molecular formula is C15H19NO. The van der Waals surface area contributed by atoms with E-state index in [0.717, 1.165) is 24.6 Å². The van der Waals surface area contributed by atoms with E-state index in [0.29, 0.717) is 5.92 Å². The van der Waals surface area contributed by atoms with Crippen molar-refractivity contribution in [2.75, 3.05) is 6.54 Å². The van der Waals surface area contributed by atoms with Gasteiger partial charge >= 0.3 is 0 Å². The molecule has 2 nitrogen and oxygen atoms in total. The lowest BCUT2D eigenvalue weighted by Gasteiger charge is -2.14. The summed E-state index contributed by atoms with van der Waals surface area (Å²) in [6.07, 6.45) is 2.61. The zero-order chi connectivity index (χ0) is 12.0. The largest absolute Gasteiger partial charge is 0.334 e. The Labute approximate surface area is 103 Å². The Kier molecular flexibility index (Phi) is 2.46. The Hall–Kier alpha value is -1.31. The monoisotopic (exact) mass is 229 g/mol. The van der Waals surface area contributed by atoms with Gasteiger partial charge < -0.3 is 4.90 Å². The van der Waals surface area contributed by atoms with Gasteiger partial charge in [-0.2, -0.15) is 0 Å². The van der Waals surface area contributed by atoms with Crippen molar-refractivity contribution in [3.63, 3.8) is 0 Å². The van der Waals surface area contributed by atoms with Crippen LogP contribution >= 0.6 is 0 Å². The summed E-state index contributed by atoms with van der Waals surface area (Å²) < 4.78 is 0. The Bertz CT molecular complexity index is 460. The van der Waals surface area contributed by atoms with Crippen LogP contribution in [0.3, 0.4) is 0 Å². The van der Waals surface area contributed by atoms with Crippen LogP contribution in [0.1, 0.15) is 54.1 Å². The average molecular weight is 229 g/mol. The highest BCUT2D eigenvalue weighted by Gasteiger charge is 2.32. The summed E-state index contributed by atoms with van der Waals surface area (Å²) in [6.45, 7) is 6.12. The molecule has 1 fully saturated rings. The zero-order valence-corrected chi connectivity index (χ0v) is 10.6. The van der Waals surface area contributed by atoms with E-state index >= 15 is 0 Å². The number of rotatable bonds is 3. The smallest absolute Gasteiger partial charge is 0.254 e. The number of hydrogen-bond acceptors (Lipinski definition) is 1. The van der Waals surface area contributed by atoms with Crippen molar-refractivity contribution < 1.29 is 4.79 Å². The fourth-order valence-corrected chi connectivity index (χ4v) is 2.50. The van der Waals surface area contributed by atoms with Crippen molar-refractivity contribution in [2.45, 2.75) is 39.2 Å². The maximum Gasteiger partial charge on any atom is 0.254 e. The van der Waals surface area contributed by atoms with Gasteiger partial charge in [-0.15, -0.1) is 0 Å². The molecule has 0 aromatic heterocycles. The highest BCUT2D eigenvalue weighted by atomic mass is 16.2. The van der Waals surface area contributed by atoms with Crippen molar-refractivity contribution in [3.05, 3.63) is 34.9 Å². The summed E-state index contributed by atoms with van der Waals surface area (Å²) in [5, 5.41) is 0. The number of fused-ring (bicyclic) bond motifs is 1. The lowest BCUT2D eigenvalue weighted by atomic mass is 9.98. The van der Waals surface area contributed by atoms with Gasteiger partial charge in [-0.25, -0.2) is 0 Å². The number of carbonyl (C=O) groups is 1. The van der Waals surface area contributed by atoms with Crippen LogP contribution in [0.4, 0.5) is 0 Å². The zero-order valence-electron chi connectivity index (χ0n) is 10.6. The Morgan fingerprint density at radius 2 is 2.12 bits per heavy atom. The van der Waals surface area contributed by atoms with Crippen molar-refractivity contribution in [3.8, 4) is 0 Å². The standard InChI is InChI=1S/C15H19NO/c1-10(2)12-5-6-13-9-16(8-11-3-4-11)15(17)14(13)7-12/h5-7,10-11H,3-4,8-9H2,1-2H3. The van der Waals surface area contributed by atoms with Crippen LogP contribution in [-0.4, -0.2) is 17.4 Å². The van der Waals surface area contributed by atoms with Crippen LogP contribution < -0.4 is 0 Å². The Balaban J connectivity index is 1.85. The summed E-state index contributed by atoms with van der Waals surface area (Å²) in [7, 11) is 0. The molecule has 0 N–H and O–H groups in total. The molecule has 1 aromatic carbocycles. The first kappa shape index (κ1) is 10.8. The second-order valence-electron chi connectivity index (χ2n) is 5.70. The van der Waals surface area contributed by atoms with Crippen LogP contribution in [0.2, 0.25) is 0 Å². The maximum absolute atomic E-state index is 12.3. The van der Waals surface area contributed by atoms with E-state index < -0.39 is 0 Å². The van der Waals surface area contributed by atoms with Crippen molar-refractivity contribution in [1.29, 1.82) is 0 Å². The molecule has 0 bridgehead atoms. The summed E-state index contributed by atoms with van der Waals surface area (Å²) in [6, 6.07) is 6.39. The first-order chi connectivity index (χ1) is 8.15. The van der Waals surface area contributed by atoms with Crippen LogP contribution in [0.5, 0.6) is 0 Å². The third kappa shape index (κ3) is 1.97. The van der Waals surface area contributed by atoms with Gasteiger partial charge in [-0.3, -0.25) is 4.79 Å². The quantitative estimate of drug-likeness (QED) is 0.779. The normalized spacial score (nSPS) is 19.0. The van der Waals surface area contributed by atoms with E-state index in [-0.39, 0.29) is 5.91 Å². The number of nitrogens with zero attached hydrogens (tertiary/aromatic N) is 1. The molecule has 1 aromatic rings. The van der Waals surface area contributed by atoms with Crippen molar-refractivity contribution in [1.82, 2.24) is 4.90 Å². The van der Waals surface area contributed by atoms with Gasteiger partial charge in [0.05, 0.1) is 0 Å². The molecule has 2 heteroatoms. The highest BCUT2D eigenvalue weighted by molar-refractivity contribution is 5.98. The molecule has 1 aliphatic heterocycles. The topological polar surface area (TPSA) is 20.3 Å². The van der Waals surface area contributed by atoms with Gasteiger partial charge in [0.15, 0.2) is 0 Å². The van der Waals surface area contributed by atoms with Gasteiger partial charge in [0.2, 0.25) is 0 Å². The third-order valence-corrected chi connectivity index (χ3v) is 3.85. The number of benzene rings is 1. The van der Waals surface area contributed by atoms with Crippen LogP contribution in [-0.2, 0) is 6.54 Å². The molecule has 1 heterocycles. The predicted octanol–water partition coefficient (Wildman–Crippen LogP) is 3.18. The van der Waals surface area contributed by atoms with E-state index in [1.54, 1.807) is 0 Å². The summed E-state index contributed by atoms with van der Waals surface area (Å²) in [5.74, 6) is 1.51. The van der Waals surface area contributed by atoms with Gasteiger partial charge in [0, 0.05) is 18.7 Å². The first-order valence-electron chi connectivity index (χ1n) is 6.57. The molecule has 1 amide bonds. The molecule has 1 saturated carbocycles. The second kappa shape index (κ2) is 3.86.